The second kappa shape index (κ2) is 5.25. The van der Waals surface area contributed by atoms with Gasteiger partial charge in [-0.05, 0) is 24.6 Å². The highest BCUT2D eigenvalue weighted by Gasteiger charge is 2.06. The first-order valence-electron chi connectivity index (χ1n) is 6.61. The first-order valence-corrected chi connectivity index (χ1v) is 6.61. The summed E-state index contributed by atoms with van der Waals surface area (Å²) in [5.41, 5.74) is 2.84. The minimum absolute atomic E-state index is 0.0291. The van der Waals surface area contributed by atoms with Crippen molar-refractivity contribution in [2.45, 2.75) is 6.92 Å². The number of hydrogen-bond donors (Lipinski definition) is 2. The Morgan fingerprint density at radius 1 is 1.14 bits per heavy atom. The molecule has 4 heteroatoms. The van der Waals surface area contributed by atoms with E-state index in [1.54, 1.807) is 12.1 Å². The molecule has 3 aromatic rings. The molecule has 1 heterocycles. The third-order valence-corrected chi connectivity index (χ3v) is 3.32. The van der Waals surface area contributed by atoms with Crippen molar-refractivity contribution in [3.8, 4) is 0 Å². The number of para-hydroxylation sites is 2. The maximum atomic E-state index is 12.0. The molecule has 0 saturated carbocycles. The molecular weight excluding hydrogens is 264 g/mol. The average Bonchev–Trinajstić information content (AvgIpc) is 2.48. The number of aliphatic hydroxyl groups is 1. The summed E-state index contributed by atoms with van der Waals surface area (Å²) in [6, 6.07) is 14.7. The van der Waals surface area contributed by atoms with Crippen LogP contribution in [-0.4, -0.2) is 15.1 Å². The van der Waals surface area contributed by atoms with Crippen molar-refractivity contribution >= 4 is 22.9 Å². The van der Waals surface area contributed by atoms with Crippen LogP contribution >= 0.6 is 0 Å². The molecule has 1 aromatic heterocycles. The molecule has 0 amide bonds. The molecule has 0 saturated heterocycles. The van der Waals surface area contributed by atoms with E-state index in [4.69, 9.17) is 0 Å². The fourth-order valence-corrected chi connectivity index (χ4v) is 2.21. The molecule has 2 aromatic carbocycles. The Kier molecular flexibility index (Phi) is 3.28. The van der Waals surface area contributed by atoms with E-state index >= 15 is 0 Å². The van der Waals surface area contributed by atoms with Crippen molar-refractivity contribution in [2.75, 3.05) is 0 Å². The number of aromatic amines is 1. The van der Waals surface area contributed by atoms with E-state index < -0.39 is 0 Å². The number of aliphatic hydroxyl groups excluding tert-OH is 1. The van der Waals surface area contributed by atoms with Gasteiger partial charge in [-0.3, -0.25) is 4.79 Å². The van der Waals surface area contributed by atoms with Gasteiger partial charge in [0.25, 0.3) is 5.56 Å². The van der Waals surface area contributed by atoms with Gasteiger partial charge in [0.2, 0.25) is 0 Å². The molecule has 21 heavy (non-hydrogen) atoms. The maximum absolute atomic E-state index is 12.0. The number of benzene rings is 2. The van der Waals surface area contributed by atoms with Crippen LogP contribution in [0, 0.1) is 6.92 Å². The molecule has 0 aliphatic carbocycles. The zero-order valence-corrected chi connectivity index (χ0v) is 11.5. The standard InChI is InChI=1S/C17H14N2O2/c1-11-6-2-3-7-12(11)16(20)10-15-17(21)19-14-9-5-4-8-13(14)18-15/h2-10,20H,1H3,(H,19,21). The van der Waals surface area contributed by atoms with E-state index in [1.165, 1.54) is 6.08 Å². The molecule has 3 rings (SSSR count). The molecule has 0 fully saturated rings. The molecule has 4 nitrogen and oxygen atoms in total. The first-order chi connectivity index (χ1) is 10.1. The largest absolute Gasteiger partial charge is 0.507 e. The van der Waals surface area contributed by atoms with E-state index in [0.717, 1.165) is 5.56 Å². The summed E-state index contributed by atoms with van der Waals surface area (Å²) in [6.45, 7) is 1.90. The molecule has 0 atom stereocenters. The van der Waals surface area contributed by atoms with Crippen LogP contribution in [0.5, 0.6) is 0 Å². The van der Waals surface area contributed by atoms with Crippen LogP contribution in [0.2, 0.25) is 0 Å². The van der Waals surface area contributed by atoms with Crippen LogP contribution < -0.4 is 5.56 Å². The molecule has 0 unspecified atom stereocenters. The van der Waals surface area contributed by atoms with E-state index in [9.17, 15) is 9.90 Å². The van der Waals surface area contributed by atoms with Crippen molar-refractivity contribution < 1.29 is 5.11 Å². The summed E-state index contributed by atoms with van der Waals surface area (Å²) in [5, 5.41) is 10.2. The predicted molar refractivity (Wildman–Crippen MR) is 84.0 cm³/mol. The second-order valence-corrected chi connectivity index (χ2v) is 4.81. The Hall–Kier alpha value is -2.88. The average molecular weight is 278 g/mol. The Bertz CT molecular complexity index is 894. The van der Waals surface area contributed by atoms with E-state index in [2.05, 4.69) is 9.97 Å². The number of aryl methyl sites for hydroxylation is 1. The highest BCUT2D eigenvalue weighted by molar-refractivity contribution is 5.79. The van der Waals surface area contributed by atoms with Gasteiger partial charge in [-0.15, -0.1) is 0 Å². The summed E-state index contributed by atoms with van der Waals surface area (Å²) < 4.78 is 0. The topological polar surface area (TPSA) is 66.0 Å². The SMILES string of the molecule is Cc1ccccc1C(O)=Cc1nc2ccccc2[nH]c1=O. The van der Waals surface area contributed by atoms with Gasteiger partial charge in [0, 0.05) is 11.6 Å². The number of nitrogens with zero attached hydrogens (tertiary/aromatic N) is 1. The molecule has 0 radical (unpaired) electrons. The predicted octanol–water partition coefficient (Wildman–Crippen LogP) is 3.29. The maximum Gasteiger partial charge on any atom is 0.274 e. The quantitative estimate of drug-likeness (QED) is 0.707. The van der Waals surface area contributed by atoms with Crippen LogP contribution in [0.25, 0.3) is 22.9 Å². The van der Waals surface area contributed by atoms with Gasteiger partial charge < -0.3 is 10.1 Å². The fraction of sp³-hybridized carbons (Fsp3) is 0.0588. The van der Waals surface area contributed by atoms with E-state index in [-0.39, 0.29) is 17.0 Å². The van der Waals surface area contributed by atoms with Crippen molar-refractivity contribution in [1.29, 1.82) is 0 Å². The number of hydrogen-bond acceptors (Lipinski definition) is 3. The highest BCUT2D eigenvalue weighted by Crippen LogP contribution is 2.18. The van der Waals surface area contributed by atoms with Gasteiger partial charge in [0.05, 0.1) is 11.0 Å². The van der Waals surface area contributed by atoms with Crippen LogP contribution in [0.4, 0.5) is 0 Å². The smallest absolute Gasteiger partial charge is 0.274 e. The lowest BCUT2D eigenvalue weighted by atomic mass is 10.1. The molecule has 0 aliphatic heterocycles. The Balaban J connectivity index is 2.13. The van der Waals surface area contributed by atoms with Crippen molar-refractivity contribution in [3.05, 3.63) is 75.7 Å². The van der Waals surface area contributed by atoms with Crippen LogP contribution in [-0.2, 0) is 0 Å². The van der Waals surface area contributed by atoms with Crippen LogP contribution in [0.3, 0.4) is 0 Å². The van der Waals surface area contributed by atoms with Crippen molar-refractivity contribution in [3.63, 3.8) is 0 Å². The van der Waals surface area contributed by atoms with Gasteiger partial charge in [0.15, 0.2) is 0 Å². The van der Waals surface area contributed by atoms with Gasteiger partial charge >= 0.3 is 0 Å². The van der Waals surface area contributed by atoms with Gasteiger partial charge in [-0.1, -0.05) is 36.4 Å². The second-order valence-electron chi connectivity index (χ2n) is 4.81. The monoisotopic (exact) mass is 278 g/mol. The third-order valence-electron chi connectivity index (χ3n) is 3.32. The molecule has 0 spiro atoms. The summed E-state index contributed by atoms with van der Waals surface area (Å²) >= 11 is 0. The minimum atomic E-state index is -0.325. The number of rotatable bonds is 2. The molecule has 104 valence electrons. The molecule has 0 bridgehead atoms. The summed E-state index contributed by atoms with van der Waals surface area (Å²) in [7, 11) is 0. The summed E-state index contributed by atoms with van der Waals surface area (Å²) in [4.78, 5) is 19.1. The van der Waals surface area contributed by atoms with Crippen LogP contribution in [0.1, 0.15) is 16.8 Å². The Morgan fingerprint density at radius 3 is 2.67 bits per heavy atom. The lowest BCUT2D eigenvalue weighted by Gasteiger charge is -2.04. The van der Waals surface area contributed by atoms with Crippen LogP contribution in [0.15, 0.2) is 53.3 Å². The third kappa shape index (κ3) is 2.56. The first kappa shape index (κ1) is 13.1. The van der Waals surface area contributed by atoms with Gasteiger partial charge in [-0.25, -0.2) is 4.98 Å². The van der Waals surface area contributed by atoms with Crippen molar-refractivity contribution in [1.82, 2.24) is 9.97 Å². The number of fused-ring (bicyclic) bond motifs is 1. The normalized spacial score (nSPS) is 11.8. The number of H-pyrrole nitrogens is 1. The Labute approximate surface area is 121 Å². The van der Waals surface area contributed by atoms with Crippen molar-refractivity contribution in [2.24, 2.45) is 0 Å². The van der Waals surface area contributed by atoms with E-state index in [1.807, 2.05) is 43.3 Å². The zero-order valence-electron chi connectivity index (χ0n) is 11.5. The summed E-state index contributed by atoms with van der Waals surface area (Å²) in [6.07, 6.45) is 1.40. The fourth-order valence-electron chi connectivity index (χ4n) is 2.21. The number of nitrogens with one attached hydrogen (secondary N) is 1. The minimum Gasteiger partial charge on any atom is -0.507 e. The highest BCUT2D eigenvalue weighted by atomic mass is 16.3. The zero-order chi connectivity index (χ0) is 14.8. The Morgan fingerprint density at radius 2 is 1.86 bits per heavy atom. The summed E-state index contributed by atoms with van der Waals surface area (Å²) in [5.74, 6) is 0.0291. The molecule has 2 N–H and O–H groups in total. The number of aromatic nitrogens is 2. The van der Waals surface area contributed by atoms with Gasteiger partial charge in [0.1, 0.15) is 11.5 Å². The lowest BCUT2D eigenvalue weighted by Crippen LogP contribution is -2.12. The molecule has 0 aliphatic rings. The van der Waals surface area contributed by atoms with E-state index in [0.29, 0.717) is 16.6 Å². The lowest BCUT2D eigenvalue weighted by molar-refractivity contribution is 0.514. The van der Waals surface area contributed by atoms with Gasteiger partial charge in [-0.2, -0.15) is 0 Å². The molecular formula is C17H14N2O2.